The van der Waals surface area contributed by atoms with E-state index in [0.29, 0.717) is 42.7 Å². The monoisotopic (exact) mass is 628 g/mol. The molecule has 2 atom stereocenters. The molecule has 0 saturated carbocycles. The van der Waals surface area contributed by atoms with E-state index in [-0.39, 0.29) is 36.8 Å². The SMILES string of the molecule is Cc1ccc(C(=O)N2CC(=O)NCCCc3ccc(F)c(c3)C(=O)N[C@H](C)C(=O)N[C@@H](c3ccccc3)C2)cc1N1CCNC1=O. The quantitative estimate of drug-likeness (QED) is 0.353. The van der Waals surface area contributed by atoms with Gasteiger partial charge in [0.2, 0.25) is 11.8 Å². The molecule has 2 heterocycles. The van der Waals surface area contributed by atoms with Gasteiger partial charge in [-0.05, 0) is 67.6 Å². The van der Waals surface area contributed by atoms with Crippen molar-refractivity contribution in [3.05, 3.63) is 100 Å². The highest BCUT2D eigenvalue weighted by atomic mass is 19.1. The molecule has 0 spiro atoms. The van der Waals surface area contributed by atoms with Crippen LogP contribution in [0.5, 0.6) is 0 Å². The summed E-state index contributed by atoms with van der Waals surface area (Å²) in [6.45, 7) is 4.20. The molecule has 46 heavy (non-hydrogen) atoms. The van der Waals surface area contributed by atoms with Gasteiger partial charge in [-0.15, -0.1) is 0 Å². The van der Waals surface area contributed by atoms with Crippen LogP contribution in [0, 0.1) is 12.7 Å². The van der Waals surface area contributed by atoms with E-state index in [1.54, 1.807) is 53.4 Å². The second-order valence-corrected chi connectivity index (χ2v) is 11.5. The molecule has 11 nitrogen and oxygen atoms in total. The number of hydrogen-bond donors (Lipinski definition) is 4. The Morgan fingerprint density at radius 1 is 0.913 bits per heavy atom. The van der Waals surface area contributed by atoms with Crippen LogP contribution in [0.25, 0.3) is 0 Å². The Labute approximate surface area is 266 Å². The molecule has 3 aromatic carbocycles. The number of fused-ring (bicyclic) bond motifs is 2. The van der Waals surface area contributed by atoms with Crippen LogP contribution in [-0.4, -0.2) is 73.3 Å². The van der Waals surface area contributed by atoms with E-state index >= 15 is 0 Å². The van der Waals surface area contributed by atoms with Crippen LogP contribution in [0.15, 0.2) is 66.7 Å². The molecule has 4 N–H and O–H groups in total. The fraction of sp³-hybridized carbons (Fsp3) is 0.324. The summed E-state index contributed by atoms with van der Waals surface area (Å²) < 4.78 is 14.6. The number of halogens is 1. The predicted octanol–water partition coefficient (Wildman–Crippen LogP) is 2.84. The molecular formula is C34H37FN6O5. The average molecular weight is 629 g/mol. The van der Waals surface area contributed by atoms with Crippen molar-refractivity contribution in [3.8, 4) is 0 Å². The number of amides is 6. The van der Waals surface area contributed by atoms with Gasteiger partial charge in [0.25, 0.3) is 11.8 Å². The summed E-state index contributed by atoms with van der Waals surface area (Å²) in [7, 11) is 0. The van der Waals surface area contributed by atoms with Gasteiger partial charge >= 0.3 is 6.03 Å². The second-order valence-electron chi connectivity index (χ2n) is 11.5. The van der Waals surface area contributed by atoms with Gasteiger partial charge in [0, 0.05) is 37.4 Å². The molecule has 0 unspecified atom stereocenters. The molecule has 6 amide bonds. The van der Waals surface area contributed by atoms with E-state index in [1.165, 1.54) is 24.0 Å². The summed E-state index contributed by atoms with van der Waals surface area (Å²) in [5.74, 6) is -2.85. The number of carbonyl (C=O) groups is 5. The van der Waals surface area contributed by atoms with Gasteiger partial charge in [0.1, 0.15) is 11.9 Å². The zero-order chi connectivity index (χ0) is 32.8. The van der Waals surface area contributed by atoms with Crippen LogP contribution in [0.1, 0.15) is 56.8 Å². The maximum atomic E-state index is 14.6. The van der Waals surface area contributed by atoms with E-state index in [0.717, 1.165) is 5.56 Å². The lowest BCUT2D eigenvalue weighted by Gasteiger charge is -2.29. The lowest BCUT2D eigenvalue weighted by atomic mass is 10.0. The molecule has 12 heteroatoms. The standard InChI is InChI=1S/C34H37FN6O5/c1-21-10-12-25(18-29(21)41-16-15-37-34(41)46)33(45)40-19-28(24-8-4-3-5-9-24)39-31(43)22(2)38-32(44)26-17-23(11-13-27(26)35)7-6-14-36-30(42)20-40/h3-5,8-13,17-18,22,28H,6-7,14-16,19-20H2,1-2H3,(H,36,42)(H,37,46)(H,38,44)(H,39,43)/t22-,28-/m1/s1. The molecule has 3 aromatic rings. The summed E-state index contributed by atoms with van der Waals surface area (Å²) in [4.78, 5) is 69.1. The van der Waals surface area contributed by atoms with Crippen molar-refractivity contribution < 1.29 is 28.4 Å². The molecule has 2 aliphatic rings. The van der Waals surface area contributed by atoms with Crippen LogP contribution >= 0.6 is 0 Å². The first-order valence-corrected chi connectivity index (χ1v) is 15.3. The largest absolute Gasteiger partial charge is 0.355 e. The van der Waals surface area contributed by atoms with E-state index in [4.69, 9.17) is 0 Å². The molecule has 5 rings (SSSR count). The zero-order valence-corrected chi connectivity index (χ0v) is 25.8. The van der Waals surface area contributed by atoms with Crippen molar-refractivity contribution >= 4 is 35.3 Å². The van der Waals surface area contributed by atoms with Gasteiger partial charge in [0.05, 0.1) is 18.2 Å². The van der Waals surface area contributed by atoms with Crippen molar-refractivity contribution in [3.63, 3.8) is 0 Å². The lowest BCUT2D eigenvalue weighted by Crippen LogP contribution is -2.49. The number of nitrogens with zero attached hydrogens (tertiary/aromatic N) is 2. The predicted molar refractivity (Wildman–Crippen MR) is 170 cm³/mol. The first-order chi connectivity index (χ1) is 22.1. The number of nitrogens with one attached hydrogen (secondary N) is 4. The Bertz CT molecular complexity index is 1650. The Morgan fingerprint density at radius 3 is 2.43 bits per heavy atom. The molecule has 0 aromatic heterocycles. The van der Waals surface area contributed by atoms with Crippen LogP contribution in [0.4, 0.5) is 14.9 Å². The normalized spacial score (nSPS) is 19.9. The highest BCUT2D eigenvalue weighted by Crippen LogP contribution is 2.25. The van der Waals surface area contributed by atoms with E-state index in [2.05, 4.69) is 21.3 Å². The molecule has 2 aliphatic heterocycles. The van der Waals surface area contributed by atoms with Crippen molar-refractivity contribution in [2.75, 3.05) is 37.6 Å². The number of rotatable bonds is 3. The molecule has 1 saturated heterocycles. The number of benzene rings is 3. The topological polar surface area (TPSA) is 140 Å². The zero-order valence-electron chi connectivity index (χ0n) is 25.8. The number of urea groups is 1. The average Bonchev–Trinajstić information content (AvgIpc) is 3.48. The van der Waals surface area contributed by atoms with E-state index in [1.807, 2.05) is 13.0 Å². The molecule has 240 valence electrons. The van der Waals surface area contributed by atoms with Crippen molar-refractivity contribution in [1.82, 2.24) is 26.2 Å². The maximum Gasteiger partial charge on any atom is 0.322 e. The maximum absolute atomic E-state index is 14.6. The third-order valence-corrected chi connectivity index (χ3v) is 8.13. The number of carbonyl (C=O) groups excluding carboxylic acids is 5. The summed E-state index contributed by atoms with van der Waals surface area (Å²) in [6.07, 6.45) is 0.973. The summed E-state index contributed by atoms with van der Waals surface area (Å²) in [6, 6.07) is 16.2. The van der Waals surface area contributed by atoms with Crippen LogP contribution in [0.3, 0.4) is 0 Å². The smallest absolute Gasteiger partial charge is 0.322 e. The third kappa shape index (κ3) is 7.51. The van der Waals surface area contributed by atoms with Crippen molar-refractivity contribution in [2.45, 2.75) is 38.8 Å². The minimum atomic E-state index is -1.05. The number of hydrogen-bond acceptors (Lipinski definition) is 5. The molecule has 0 aliphatic carbocycles. The highest BCUT2D eigenvalue weighted by Gasteiger charge is 2.29. The Kier molecular flexibility index (Phi) is 9.94. The summed E-state index contributed by atoms with van der Waals surface area (Å²) in [5, 5.41) is 11.1. The first-order valence-electron chi connectivity index (χ1n) is 15.3. The summed E-state index contributed by atoms with van der Waals surface area (Å²) in [5.41, 5.74) is 2.87. The minimum Gasteiger partial charge on any atom is -0.355 e. The van der Waals surface area contributed by atoms with Crippen LogP contribution < -0.4 is 26.2 Å². The van der Waals surface area contributed by atoms with Crippen LogP contribution in [-0.2, 0) is 16.0 Å². The van der Waals surface area contributed by atoms with Crippen molar-refractivity contribution in [1.29, 1.82) is 0 Å². The fourth-order valence-electron chi connectivity index (χ4n) is 5.56. The number of anilines is 1. The second kappa shape index (κ2) is 14.2. The van der Waals surface area contributed by atoms with Crippen molar-refractivity contribution in [2.24, 2.45) is 0 Å². The molecule has 2 bridgehead atoms. The van der Waals surface area contributed by atoms with Crippen LogP contribution in [0.2, 0.25) is 0 Å². The minimum absolute atomic E-state index is 0.0779. The Hall–Kier alpha value is -5.26. The highest BCUT2D eigenvalue weighted by molar-refractivity contribution is 6.00. The molecule has 1 fully saturated rings. The van der Waals surface area contributed by atoms with E-state index < -0.39 is 41.5 Å². The van der Waals surface area contributed by atoms with Gasteiger partial charge < -0.3 is 26.2 Å². The summed E-state index contributed by atoms with van der Waals surface area (Å²) >= 11 is 0. The Balaban J connectivity index is 1.48. The Morgan fingerprint density at radius 2 is 1.70 bits per heavy atom. The van der Waals surface area contributed by atoms with Gasteiger partial charge in [-0.1, -0.05) is 42.5 Å². The number of aryl methyl sites for hydroxylation is 2. The van der Waals surface area contributed by atoms with Gasteiger partial charge in [-0.2, -0.15) is 0 Å². The van der Waals surface area contributed by atoms with Gasteiger partial charge in [-0.25, -0.2) is 9.18 Å². The fourth-order valence-corrected chi connectivity index (χ4v) is 5.56. The first kappa shape index (κ1) is 32.1. The third-order valence-electron chi connectivity index (χ3n) is 8.13. The van der Waals surface area contributed by atoms with E-state index in [9.17, 15) is 28.4 Å². The lowest BCUT2D eigenvalue weighted by molar-refractivity contribution is -0.123. The molecular weight excluding hydrogens is 591 g/mol. The van der Waals surface area contributed by atoms with Gasteiger partial charge in [0.15, 0.2) is 0 Å². The van der Waals surface area contributed by atoms with Gasteiger partial charge in [-0.3, -0.25) is 24.1 Å². The molecule has 0 radical (unpaired) electrons.